The second-order valence-corrected chi connectivity index (χ2v) is 9.10. The highest BCUT2D eigenvalue weighted by Crippen LogP contribution is 2.38. The van der Waals surface area contributed by atoms with E-state index in [2.05, 4.69) is 10.2 Å². The molecule has 172 valence electrons. The summed E-state index contributed by atoms with van der Waals surface area (Å²) in [5.74, 6) is -1.74. The predicted octanol–water partition coefficient (Wildman–Crippen LogP) is 3.11. The molecule has 5 rings (SSSR count). The first-order valence-corrected chi connectivity index (χ1v) is 11.3. The molecule has 1 N–H and O–H groups in total. The van der Waals surface area contributed by atoms with E-state index in [1.165, 1.54) is 29.2 Å². The Kier molecular flexibility index (Phi) is 5.70. The lowest BCUT2D eigenvalue weighted by Gasteiger charge is -2.33. The van der Waals surface area contributed by atoms with Gasteiger partial charge in [0.05, 0.1) is 0 Å². The number of piperidine rings is 2. The summed E-state index contributed by atoms with van der Waals surface area (Å²) < 4.78 is 27.7. The van der Waals surface area contributed by atoms with Crippen molar-refractivity contribution < 1.29 is 23.2 Å². The molecule has 0 aromatic heterocycles. The van der Waals surface area contributed by atoms with Crippen LogP contribution >= 0.6 is 0 Å². The highest BCUT2D eigenvalue weighted by atomic mass is 19.1. The van der Waals surface area contributed by atoms with Crippen LogP contribution < -0.4 is 5.32 Å². The second-order valence-electron chi connectivity index (χ2n) is 9.10. The average molecular weight is 453 g/mol. The fourth-order valence-electron chi connectivity index (χ4n) is 5.27. The van der Waals surface area contributed by atoms with Crippen LogP contribution in [0.3, 0.4) is 0 Å². The molecular formula is C25H25F2N3O3. The molecule has 33 heavy (non-hydrogen) atoms. The minimum absolute atomic E-state index is 0.119. The SMILES string of the molecule is O=C1CCC(N2Cc3c(cc(F)cc3C3CCN(Cc4ccc(F)cc4)CC3)C2=O)C(=O)N1. The van der Waals surface area contributed by atoms with Gasteiger partial charge in [-0.3, -0.25) is 24.6 Å². The highest BCUT2D eigenvalue weighted by molar-refractivity contribution is 6.05. The standard InChI is InChI=1S/C25H25F2N3O3/c26-17-3-1-15(2-4-17)13-29-9-7-16(8-10-29)19-11-18(27)12-20-21(19)14-30(25(20)33)22-5-6-23(31)28-24(22)32/h1-4,11-12,16,22H,5-10,13-14H2,(H,28,31,32). The molecule has 2 aromatic carbocycles. The van der Waals surface area contributed by atoms with Gasteiger partial charge in [0.1, 0.15) is 17.7 Å². The largest absolute Gasteiger partial charge is 0.322 e. The normalized spacial score (nSPS) is 21.9. The van der Waals surface area contributed by atoms with Crippen LogP contribution in [0.15, 0.2) is 36.4 Å². The molecule has 2 saturated heterocycles. The van der Waals surface area contributed by atoms with Crippen molar-refractivity contribution in [2.75, 3.05) is 13.1 Å². The molecule has 0 saturated carbocycles. The molecule has 8 heteroatoms. The number of benzene rings is 2. The highest BCUT2D eigenvalue weighted by Gasteiger charge is 2.41. The molecule has 1 atom stereocenters. The van der Waals surface area contributed by atoms with E-state index in [9.17, 15) is 23.2 Å². The molecule has 0 aliphatic carbocycles. The first-order chi connectivity index (χ1) is 15.9. The number of halogens is 2. The molecule has 2 aromatic rings. The number of nitrogens with one attached hydrogen (secondary N) is 1. The first kappa shape index (κ1) is 21.7. The Balaban J connectivity index is 1.31. The van der Waals surface area contributed by atoms with Gasteiger partial charge in [-0.15, -0.1) is 0 Å². The molecule has 3 heterocycles. The third kappa shape index (κ3) is 4.27. The van der Waals surface area contributed by atoms with Crippen molar-refractivity contribution in [1.29, 1.82) is 0 Å². The number of hydrogen-bond acceptors (Lipinski definition) is 4. The number of fused-ring (bicyclic) bond motifs is 1. The van der Waals surface area contributed by atoms with Gasteiger partial charge in [-0.25, -0.2) is 8.78 Å². The van der Waals surface area contributed by atoms with E-state index >= 15 is 0 Å². The minimum atomic E-state index is -0.712. The van der Waals surface area contributed by atoms with Gasteiger partial charge < -0.3 is 4.90 Å². The summed E-state index contributed by atoms with van der Waals surface area (Å²) >= 11 is 0. The van der Waals surface area contributed by atoms with Gasteiger partial charge in [0.2, 0.25) is 11.8 Å². The van der Waals surface area contributed by atoms with Gasteiger partial charge in [-0.1, -0.05) is 12.1 Å². The Morgan fingerprint density at radius 2 is 1.67 bits per heavy atom. The van der Waals surface area contributed by atoms with Crippen molar-refractivity contribution in [2.24, 2.45) is 0 Å². The van der Waals surface area contributed by atoms with Crippen LogP contribution in [0.1, 0.15) is 58.6 Å². The van der Waals surface area contributed by atoms with Crippen LogP contribution in [0.4, 0.5) is 8.78 Å². The second kappa shape index (κ2) is 8.67. The van der Waals surface area contributed by atoms with Crippen molar-refractivity contribution in [1.82, 2.24) is 15.1 Å². The Morgan fingerprint density at radius 1 is 0.939 bits per heavy atom. The zero-order valence-corrected chi connectivity index (χ0v) is 18.2. The van der Waals surface area contributed by atoms with E-state index in [4.69, 9.17) is 0 Å². The third-order valence-corrected chi connectivity index (χ3v) is 7.00. The van der Waals surface area contributed by atoms with Crippen molar-refractivity contribution >= 4 is 17.7 Å². The quantitative estimate of drug-likeness (QED) is 0.723. The van der Waals surface area contributed by atoms with Gasteiger partial charge in [0.15, 0.2) is 0 Å². The molecule has 0 radical (unpaired) electrons. The maximum absolute atomic E-state index is 14.5. The molecule has 3 amide bonds. The molecule has 3 aliphatic heterocycles. The van der Waals surface area contributed by atoms with E-state index in [0.717, 1.165) is 49.2 Å². The zero-order valence-electron chi connectivity index (χ0n) is 18.2. The number of amides is 3. The fourth-order valence-corrected chi connectivity index (χ4v) is 5.27. The van der Waals surface area contributed by atoms with Gasteiger partial charge in [0.25, 0.3) is 5.91 Å². The molecule has 1 unspecified atom stereocenters. The molecule has 2 fully saturated rings. The maximum Gasteiger partial charge on any atom is 0.255 e. The summed E-state index contributed by atoms with van der Waals surface area (Å²) in [6.45, 7) is 2.62. The van der Waals surface area contributed by atoms with E-state index in [1.54, 1.807) is 12.1 Å². The van der Waals surface area contributed by atoms with E-state index in [1.807, 2.05) is 0 Å². The summed E-state index contributed by atoms with van der Waals surface area (Å²) in [5.41, 5.74) is 3.01. The number of hydrogen-bond donors (Lipinski definition) is 1. The fraction of sp³-hybridized carbons (Fsp3) is 0.400. The number of likely N-dealkylation sites (tertiary alicyclic amines) is 1. The summed E-state index contributed by atoms with van der Waals surface area (Å²) in [6, 6.07) is 8.58. The van der Waals surface area contributed by atoms with Gasteiger partial charge in [-0.05, 0) is 79.2 Å². The average Bonchev–Trinajstić information content (AvgIpc) is 3.11. The number of carbonyl (C=O) groups is 3. The lowest BCUT2D eigenvalue weighted by atomic mass is 9.85. The lowest BCUT2D eigenvalue weighted by Crippen LogP contribution is -2.52. The molecule has 0 bridgehead atoms. The van der Waals surface area contributed by atoms with Crippen molar-refractivity contribution in [3.63, 3.8) is 0 Å². The summed E-state index contributed by atoms with van der Waals surface area (Å²) in [5, 5.41) is 2.30. The van der Waals surface area contributed by atoms with Gasteiger partial charge in [-0.2, -0.15) is 0 Å². The molecular weight excluding hydrogens is 428 g/mol. The topological polar surface area (TPSA) is 69.7 Å². The Labute approximate surface area is 190 Å². The number of nitrogens with zero attached hydrogens (tertiary/aromatic N) is 2. The predicted molar refractivity (Wildman–Crippen MR) is 116 cm³/mol. The number of imide groups is 1. The third-order valence-electron chi connectivity index (χ3n) is 7.00. The van der Waals surface area contributed by atoms with E-state index in [0.29, 0.717) is 5.56 Å². The van der Waals surface area contributed by atoms with Gasteiger partial charge in [0, 0.05) is 25.1 Å². The first-order valence-electron chi connectivity index (χ1n) is 11.3. The number of rotatable bonds is 4. The van der Waals surface area contributed by atoms with Crippen molar-refractivity contribution in [3.05, 3.63) is 70.3 Å². The Bertz CT molecular complexity index is 1110. The van der Waals surface area contributed by atoms with Crippen molar-refractivity contribution in [2.45, 2.75) is 50.7 Å². The van der Waals surface area contributed by atoms with Crippen LogP contribution in [0.5, 0.6) is 0 Å². The van der Waals surface area contributed by atoms with Crippen LogP contribution in [0.2, 0.25) is 0 Å². The smallest absolute Gasteiger partial charge is 0.255 e. The maximum atomic E-state index is 14.5. The molecule has 3 aliphatic rings. The monoisotopic (exact) mass is 453 g/mol. The number of carbonyl (C=O) groups excluding carboxylic acids is 3. The summed E-state index contributed by atoms with van der Waals surface area (Å²) in [6.07, 6.45) is 2.11. The summed E-state index contributed by atoms with van der Waals surface area (Å²) in [7, 11) is 0. The van der Waals surface area contributed by atoms with Crippen LogP contribution in [0, 0.1) is 11.6 Å². The zero-order chi connectivity index (χ0) is 23.1. The van der Waals surface area contributed by atoms with Gasteiger partial charge >= 0.3 is 0 Å². The van der Waals surface area contributed by atoms with Crippen LogP contribution in [-0.4, -0.2) is 46.7 Å². The van der Waals surface area contributed by atoms with Crippen LogP contribution in [0.25, 0.3) is 0 Å². The summed E-state index contributed by atoms with van der Waals surface area (Å²) in [4.78, 5) is 40.6. The lowest BCUT2D eigenvalue weighted by molar-refractivity contribution is -0.136. The Morgan fingerprint density at radius 3 is 2.36 bits per heavy atom. The molecule has 6 nitrogen and oxygen atoms in total. The Hall–Kier alpha value is -3.13. The van der Waals surface area contributed by atoms with Crippen molar-refractivity contribution in [3.8, 4) is 0 Å². The van der Waals surface area contributed by atoms with Crippen LogP contribution in [-0.2, 0) is 22.7 Å². The van der Waals surface area contributed by atoms with E-state index in [-0.39, 0.29) is 42.9 Å². The minimum Gasteiger partial charge on any atom is -0.322 e. The molecule has 0 spiro atoms. The van der Waals surface area contributed by atoms with E-state index < -0.39 is 17.8 Å².